The number of ether oxygens (including phenoxy) is 1. The number of aromatic nitrogens is 2. The maximum Gasteiger partial charge on any atom is 0.332 e. The number of esters is 1. The molecule has 3 rings (SSSR count). The highest BCUT2D eigenvalue weighted by molar-refractivity contribution is 7.90. The number of carbonyl (C=O) groups excluding carboxylic acids is 1. The van der Waals surface area contributed by atoms with Crippen molar-refractivity contribution in [3.8, 4) is 0 Å². The molecular formula is C19H18N2O4S. The zero-order chi connectivity index (χ0) is 18.7. The highest BCUT2D eigenvalue weighted by atomic mass is 32.2. The normalized spacial score (nSPS) is 12.3. The van der Waals surface area contributed by atoms with Crippen molar-refractivity contribution in [3.63, 3.8) is 0 Å². The van der Waals surface area contributed by atoms with Crippen LogP contribution in [0.1, 0.15) is 12.5 Å². The van der Waals surface area contributed by atoms with E-state index >= 15 is 0 Å². The van der Waals surface area contributed by atoms with Crippen molar-refractivity contribution < 1.29 is 17.9 Å². The standard InChI is InChI=1S/C19H18N2O4S/c1-3-25-19(22)11-18(15-10-16(13-20-12-15)26(2,23)24)21-9-8-14-6-4-5-7-17(14)21/h4-13H,3H2,1-2H3. The van der Waals surface area contributed by atoms with Gasteiger partial charge in [0.05, 0.1) is 22.7 Å². The quantitative estimate of drug-likeness (QED) is 0.510. The van der Waals surface area contributed by atoms with Crippen LogP contribution in [0.25, 0.3) is 16.6 Å². The minimum absolute atomic E-state index is 0.0845. The van der Waals surface area contributed by atoms with Gasteiger partial charge in [0.15, 0.2) is 9.84 Å². The second-order valence-corrected chi connectivity index (χ2v) is 7.72. The van der Waals surface area contributed by atoms with E-state index in [0.29, 0.717) is 11.3 Å². The molecule has 0 bridgehead atoms. The molecule has 2 heterocycles. The van der Waals surface area contributed by atoms with Crippen LogP contribution in [0.4, 0.5) is 0 Å². The van der Waals surface area contributed by atoms with Gasteiger partial charge in [0.1, 0.15) is 0 Å². The molecule has 0 aliphatic carbocycles. The Morgan fingerprint density at radius 3 is 2.73 bits per heavy atom. The lowest BCUT2D eigenvalue weighted by Gasteiger charge is -2.12. The third kappa shape index (κ3) is 3.67. The fourth-order valence-corrected chi connectivity index (χ4v) is 3.24. The van der Waals surface area contributed by atoms with Crippen LogP contribution in [0.2, 0.25) is 0 Å². The van der Waals surface area contributed by atoms with Crippen molar-refractivity contribution in [3.05, 3.63) is 66.6 Å². The molecule has 0 saturated carbocycles. The first-order valence-electron chi connectivity index (χ1n) is 8.00. The van der Waals surface area contributed by atoms with Gasteiger partial charge in [0.2, 0.25) is 0 Å². The molecule has 2 aromatic heterocycles. The minimum Gasteiger partial charge on any atom is -0.463 e. The molecular weight excluding hydrogens is 352 g/mol. The number of hydrogen-bond donors (Lipinski definition) is 0. The molecule has 0 radical (unpaired) electrons. The van der Waals surface area contributed by atoms with Crippen LogP contribution in [0.5, 0.6) is 0 Å². The monoisotopic (exact) mass is 370 g/mol. The zero-order valence-corrected chi connectivity index (χ0v) is 15.2. The van der Waals surface area contributed by atoms with Gasteiger partial charge in [-0.05, 0) is 30.5 Å². The summed E-state index contributed by atoms with van der Waals surface area (Å²) in [5.41, 5.74) is 1.87. The van der Waals surface area contributed by atoms with E-state index in [-0.39, 0.29) is 11.5 Å². The number of nitrogens with zero attached hydrogens (tertiary/aromatic N) is 2. The van der Waals surface area contributed by atoms with Crippen LogP contribution in [0.3, 0.4) is 0 Å². The summed E-state index contributed by atoms with van der Waals surface area (Å²) in [6.07, 6.45) is 7.10. The molecule has 1 aromatic carbocycles. The fraction of sp³-hybridized carbons (Fsp3) is 0.158. The molecule has 0 N–H and O–H groups in total. The maximum atomic E-state index is 12.1. The Morgan fingerprint density at radius 2 is 2.00 bits per heavy atom. The van der Waals surface area contributed by atoms with Crippen LogP contribution in [-0.4, -0.2) is 36.8 Å². The van der Waals surface area contributed by atoms with E-state index in [0.717, 1.165) is 17.2 Å². The van der Waals surface area contributed by atoms with Crippen molar-refractivity contribution in [2.24, 2.45) is 0 Å². The SMILES string of the molecule is CCOC(=O)C=C(c1cncc(S(C)(=O)=O)c1)n1ccc2ccccc21. The number of sulfone groups is 1. The highest BCUT2D eigenvalue weighted by Crippen LogP contribution is 2.25. The van der Waals surface area contributed by atoms with E-state index in [1.165, 1.54) is 24.5 Å². The van der Waals surface area contributed by atoms with Crippen LogP contribution < -0.4 is 0 Å². The van der Waals surface area contributed by atoms with Gasteiger partial charge in [0.25, 0.3) is 0 Å². The topological polar surface area (TPSA) is 78.3 Å². The van der Waals surface area contributed by atoms with Gasteiger partial charge >= 0.3 is 5.97 Å². The number of para-hydroxylation sites is 1. The third-order valence-electron chi connectivity index (χ3n) is 3.84. The van der Waals surface area contributed by atoms with Crippen LogP contribution in [0.15, 0.2) is 66.0 Å². The summed E-state index contributed by atoms with van der Waals surface area (Å²) in [6.45, 7) is 1.97. The Bertz CT molecular complexity index is 1100. The Hall–Kier alpha value is -2.93. The summed E-state index contributed by atoms with van der Waals surface area (Å²) in [4.78, 5) is 16.2. The van der Waals surface area contributed by atoms with E-state index in [9.17, 15) is 13.2 Å². The predicted molar refractivity (Wildman–Crippen MR) is 99.3 cm³/mol. The summed E-state index contributed by atoms with van der Waals surface area (Å²) in [5.74, 6) is -0.509. The number of pyridine rings is 1. The average molecular weight is 370 g/mol. The van der Waals surface area contributed by atoms with Crippen LogP contribution in [0, 0.1) is 0 Å². The van der Waals surface area contributed by atoms with E-state index < -0.39 is 15.8 Å². The molecule has 0 saturated heterocycles. The van der Waals surface area contributed by atoms with Crippen molar-refractivity contribution in [1.29, 1.82) is 0 Å². The highest BCUT2D eigenvalue weighted by Gasteiger charge is 2.15. The molecule has 0 fully saturated rings. The maximum absolute atomic E-state index is 12.1. The molecule has 0 amide bonds. The Morgan fingerprint density at radius 1 is 1.23 bits per heavy atom. The largest absolute Gasteiger partial charge is 0.463 e. The summed E-state index contributed by atoms with van der Waals surface area (Å²) in [6, 6.07) is 11.1. The van der Waals surface area contributed by atoms with E-state index in [2.05, 4.69) is 4.98 Å². The van der Waals surface area contributed by atoms with Gasteiger partial charge in [-0.25, -0.2) is 13.2 Å². The summed E-state index contributed by atoms with van der Waals surface area (Å²) >= 11 is 0. The van der Waals surface area contributed by atoms with Gasteiger partial charge in [-0.15, -0.1) is 0 Å². The second-order valence-electron chi connectivity index (χ2n) is 5.71. The molecule has 0 aliphatic rings. The fourth-order valence-electron chi connectivity index (χ4n) is 2.64. The predicted octanol–water partition coefficient (Wildman–Crippen LogP) is 2.89. The van der Waals surface area contributed by atoms with Crippen molar-refractivity contribution in [1.82, 2.24) is 9.55 Å². The lowest BCUT2D eigenvalue weighted by atomic mass is 10.2. The molecule has 0 unspecified atom stereocenters. The Balaban J connectivity index is 2.21. The number of fused-ring (bicyclic) bond motifs is 1. The Kier molecular flexibility index (Phi) is 4.90. The van der Waals surface area contributed by atoms with Crippen LogP contribution in [-0.2, 0) is 19.4 Å². The van der Waals surface area contributed by atoms with Crippen molar-refractivity contribution in [2.45, 2.75) is 11.8 Å². The number of hydrogen-bond acceptors (Lipinski definition) is 5. The van der Waals surface area contributed by atoms with E-state index in [1.807, 2.05) is 41.1 Å². The first kappa shape index (κ1) is 17.9. The molecule has 26 heavy (non-hydrogen) atoms. The number of benzene rings is 1. The van der Waals surface area contributed by atoms with Crippen LogP contribution >= 0.6 is 0 Å². The van der Waals surface area contributed by atoms with E-state index in [4.69, 9.17) is 4.74 Å². The minimum atomic E-state index is -3.42. The van der Waals surface area contributed by atoms with E-state index in [1.54, 1.807) is 6.92 Å². The summed E-state index contributed by atoms with van der Waals surface area (Å²) in [5, 5.41) is 0.995. The molecule has 0 spiro atoms. The summed E-state index contributed by atoms with van der Waals surface area (Å²) in [7, 11) is -3.42. The molecule has 3 aromatic rings. The van der Waals surface area contributed by atoms with Gasteiger partial charge in [-0.1, -0.05) is 18.2 Å². The third-order valence-corrected chi connectivity index (χ3v) is 4.92. The lowest BCUT2D eigenvalue weighted by molar-refractivity contribution is -0.137. The first-order valence-corrected chi connectivity index (χ1v) is 9.89. The Labute approximate surface area is 151 Å². The zero-order valence-electron chi connectivity index (χ0n) is 14.4. The lowest BCUT2D eigenvalue weighted by Crippen LogP contribution is -2.07. The second kappa shape index (κ2) is 7.13. The van der Waals surface area contributed by atoms with Gasteiger partial charge < -0.3 is 9.30 Å². The number of rotatable bonds is 5. The summed E-state index contributed by atoms with van der Waals surface area (Å²) < 4.78 is 30.6. The van der Waals surface area contributed by atoms with Gasteiger partial charge in [0, 0.05) is 36.5 Å². The molecule has 134 valence electrons. The molecule has 6 nitrogen and oxygen atoms in total. The first-order chi connectivity index (χ1) is 12.4. The molecule has 0 atom stereocenters. The van der Waals surface area contributed by atoms with Crippen molar-refractivity contribution >= 4 is 32.4 Å². The number of carbonyl (C=O) groups is 1. The molecule has 0 aliphatic heterocycles. The average Bonchev–Trinajstić information content (AvgIpc) is 3.03. The van der Waals surface area contributed by atoms with Gasteiger partial charge in [-0.2, -0.15) is 0 Å². The smallest absolute Gasteiger partial charge is 0.332 e. The molecule has 7 heteroatoms. The van der Waals surface area contributed by atoms with Crippen molar-refractivity contribution in [2.75, 3.05) is 12.9 Å². The van der Waals surface area contributed by atoms with Gasteiger partial charge in [-0.3, -0.25) is 4.98 Å².